The van der Waals surface area contributed by atoms with Gasteiger partial charge >= 0.3 is 0 Å². The Morgan fingerprint density at radius 2 is 1.22 bits per heavy atom. The highest BCUT2D eigenvalue weighted by atomic mass is 16.3. The highest BCUT2D eigenvalue weighted by Gasteiger charge is 2.18. The Hall–Kier alpha value is -5.28. The Balaban J connectivity index is 1.39. The summed E-state index contributed by atoms with van der Waals surface area (Å²) >= 11 is 0. The average molecular weight is 529 g/mol. The molecule has 0 saturated carbocycles. The van der Waals surface area contributed by atoms with Gasteiger partial charge in [-0.05, 0) is 64.1 Å². The number of furan rings is 1. The molecule has 0 atom stereocenters. The first-order valence-electron chi connectivity index (χ1n) is 13.9. The molecule has 2 aromatic heterocycles. The van der Waals surface area contributed by atoms with E-state index in [0.29, 0.717) is 11.4 Å². The molecule has 0 aliphatic heterocycles. The second kappa shape index (κ2) is 10.4. The number of hydrogen-bond acceptors (Lipinski definition) is 3. The monoisotopic (exact) mass is 528 g/mol. The van der Waals surface area contributed by atoms with Gasteiger partial charge in [-0.3, -0.25) is 0 Å². The van der Waals surface area contributed by atoms with Crippen LogP contribution in [0.25, 0.3) is 72.5 Å². The summed E-state index contributed by atoms with van der Waals surface area (Å²) in [5.74, 6) is 0.669. The molecule has 0 saturated heterocycles. The molecular weight excluding hydrogens is 500 g/mol. The van der Waals surface area contributed by atoms with Gasteiger partial charge in [0.05, 0.1) is 0 Å². The predicted molar refractivity (Wildman–Crippen MR) is 170 cm³/mol. The summed E-state index contributed by atoms with van der Waals surface area (Å²) < 4.78 is 6.38. The van der Waals surface area contributed by atoms with Crippen molar-refractivity contribution in [2.45, 2.75) is 13.3 Å². The Kier molecular flexibility index (Phi) is 6.25. The first-order valence-corrected chi connectivity index (χ1v) is 13.9. The number of nitrogens with zero attached hydrogens (tertiary/aromatic N) is 2. The normalized spacial score (nSPS) is 11.2. The molecule has 0 bridgehead atoms. The highest BCUT2D eigenvalue weighted by molar-refractivity contribution is 6.07. The molecule has 5 aromatic carbocycles. The van der Waals surface area contributed by atoms with Crippen molar-refractivity contribution < 1.29 is 4.42 Å². The van der Waals surface area contributed by atoms with Crippen molar-refractivity contribution >= 4 is 27.6 Å². The third-order valence-corrected chi connectivity index (χ3v) is 7.64. The van der Waals surface area contributed by atoms with Crippen LogP contribution >= 0.6 is 0 Å². The molecule has 0 fully saturated rings. The van der Waals surface area contributed by atoms with Gasteiger partial charge in [-0.15, -0.1) is 0 Å². The molecule has 3 nitrogen and oxygen atoms in total. The fourth-order valence-corrected chi connectivity index (χ4v) is 5.33. The minimum absolute atomic E-state index is 0.669. The summed E-state index contributed by atoms with van der Waals surface area (Å²) in [5.41, 5.74) is 11.9. The summed E-state index contributed by atoms with van der Waals surface area (Å²) in [5, 5.41) is 0.981. The summed E-state index contributed by atoms with van der Waals surface area (Å²) in [4.78, 5) is 10.2. The molecule has 0 radical (unpaired) electrons. The first kappa shape index (κ1) is 24.7. The molecule has 196 valence electrons. The molecule has 0 unspecified atom stereocenters. The molecule has 0 N–H and O–H groups in total. The quantitative estimate of drug-likeness (QED) is 0.215. The van der Waals surface area contributed by atoms with Gasteiger partial charge in [0.2, 0.25) is 0 Å². The standard InChI is InChI=1S/C38H28N2O/c1-3-25(2)26-19-21-28(22-20-26)30-14-10-16-32(24-30)38-39-35(37-36(40-38)33-17-7-8-18-34(33)41-37)31-15-9-13-29(23-31)27-11-5-4-6-12-27/h4-24H,2-3H2,1H3. The number of allylic oxidation sites excluding steroid dienone is 1. The van der Waals surface area contributed by atoms with E-state index < -0.39 is 0 Å². The van der Waals surface area contributed by atoms with Crippen molar-refractivity contribution in [2.75, 3.05) is 0 Å². The summed E-state index contributed by atoms with van der Waals surface area (Å²) in [6.07, 6.45) is 0.938. The number of para-hydroxylation sites is 1. The van der Waals surface area contributed by atoms with Crippen molar-refractivity contribution in [1.82, 2.24) is 9.97 Å². The maximum absolute atomic E-state index is 6.38. The average Bonchev–Trinajstić information content (AvgIpc) is 3.43. The van der Waals surface area contributed by atoms with Crippen molar-refractivity contribution in [3.8, 4) is 44.9 Å². The van der Waals surface area contributed by atoms with Crippen LogP contribution in [0.4, 0.5) is 0 Å². The summed E-state index contributed by atoms with van der Waals surface area (Å²) in [6.45, 7) is 6.30. The maximum Gasteiger partial charge on any atom is 0.180 e. The highest BCUT2D eigenvalue weighted by Crippen LogP contribution is 2.37. The van der Waals surface area contributed by atoms with E-state index >= 15 is 0 Å². The van der Waals surface area contributed by atoms with E-state index in [2.05, 4.69) is 117 Å². The molecule has 2 heterocycles. The lowest BCUT2D eigenvalue weighted by atomic mass is 9.98. The van der Waals surface area contributed by atoms with Crippen LogP contribution in [0.3, 0.4) is 0 Å². The van der Waals surface area contributed by atoms with Crippen molar-refractivity contribution in [2.24, 2.45) is 0 Å². The predicted octanol–water partition coefficient (Wildman–Crippen LogP) is 10.5. The van der Waals surface area contributed by atoms with Gasteiger partial charge in [-0.1, -0.05) is 117 Å². The zero-order chi connectivity index (χ0) is 27.8. The van der Waals surface area contributed by atoms with Gasteiger partial charge in [0.25, 0.3) is 0 Å². The van der Waals surface area contributed by atoms with Crippen LogP contribution in [-0.4, -0.2) is 9.97 Å². The van der Waals surface area contributed by atoms with Crippen LogP contribution in [0.2, 0.25) is 0 Å². The number of fused-ring (bicyclic) bond motifs is 3. The molecular formula is C38H28N2O. The van der Waals surface area contributed by atoms with Gasteiger partial charge in [-0.2, -0.15) is 0 Å². The number of rotatable bonds is 6. The van der Waals surface area contributed by atoms with Gasteiger partial charge in [0, 0.05) is 16.5 Å². The van der Waals surface area contributed by atoms with Crippen LogP contribution in [-0.2, 0) is 0 Å². The Bertz CT molecular complexity index is 2040. The topological polar surface area (TPSA) is 38.9 Å². The lowest BCUT2D eigenvalue weighted by molar-refractivity contribution is 0.667. The smallest absolute Gasteiger partial charge is 0.180 e. The largest absolute Gasteiger partial charge is 0.452 e. The lowest BCUT2D eigenvalue weighted by Crippen LogP contribution is -1.94. The van der Waals surface area contributed by atoms with Crippen LogP contribution in [0.15, 0.2) is 138 Å². The molecule has 0 aliphatic rings. The maximum atomic E-state index is 6.38. The van der Waals surface area contributed by atoms with E-state index in [-0.39, 0.29) is 0 Å². The van der Waals surface area contributed by atoms with Crippen LogP contribution in [0.5, 0.6) is 0 Å². The van der Waals surface area contributed by atoms with Crippen molar-refractivity contribution in [1.29, 1.82) is 0 Å². The van der Waals surface area contributed by atoms with E-state index in [1.165, 1.54) is 5.56 Å². The zero-order valence-corrected chi connectivity index (χ0v) is 22.8. The van der Waals surface area contributed by atoms with E-state index in [1.54, 1.807) is 0 Å². The SMILES string of the molecule is C=C(CC)c1ccc(-c2cccc(-c3nc(-c4cccc(-c5ccccc5)c4)c4oc5ccccc5c4n3)c2)cc1. The minimum Gasteiger partial charge on any atom is -0.452 e. The molecule has 0 spiro atoms. The van der Waals surface area contributed by atoms with Gasteiger partial charge < -0.3 is 4.42 Å². The van der Waals surface area contributed by atoms with E-state index in [0.717, 1.165) is 67.6 Å². The van der Waals surface area contributed by atoms with Gasteiger partial charge in [-0.25, -0.2) is 9.97 Å². The number of hydrogen-bond donors (Lipinski definition) is 0. The Morgan fingerprint density at radius 3 is 1.98 bits per heavy atom. The van der Waals surface area contributed by atoms with Gasteiger partial charge in [0.15, 0.2) is 11.4 Å². The molecule has 0 aliphatic carbocycles. The number of benzene rings is 5. The summed E-state index contributed by atoms with van der Waals surface area (Å²) in [6, 6.07) is 44.0. The third-order valence-electron chi connectivity index (χ3n) is 7.64. The van der Waals surface area contributed by atoms with Crippen LogP contribution in [0, 0.1) is 0 Å². The fourth-order valence-electron chi connectivity index (χ4n) is 5.33. The second-order valence-corrected chi connectivity index (χ2v) is 10.2. The van der Waals surface area contributed by atoms with Gasteiger partial charge in [0.1, 0.15) is 16.8 Å². The van der Waals surface area contributed by atoms with Crippen molar-refractivity contribution in [3.05, 3.63) is 140 Å². The fraction of sp³-hybridized carbons (Fsp3) is 0.0526. The number of aromatic nitrogens is 2. The van der Waals surface area contributed by atoms with E-state index in [4.69, 9.17) is 14.4 Å². The molecule has 41 heavy (non-hydrogen) atoms. The third kappa shape index (κ3) is 4.62. The zero-order valence-electron chi connectivity index (χ0n) is 22.8. The molecule has 7 rings (SSSR count). The molecule has 7 aromatic rings. The van der Waals surface area contributed by atoms with E-state index in [1.807, 2.05) is 24.3 Å². The first-order chi connectivity index (χ1) is 20.2. The summed E-state index contributed by atoms with van der Waals surface area (Å²) in [7, 11) is 0. The lowest BCUT2D eigenvalue weighted by Gasteiger charge is -2.10. The second-order valence-electron chi connectivity index (χ2n) is 10.2. The Labute approximate surface area is 239 Å². The van der Waals surface area contributed by atoms with Crippen LogP contribution < -0.4 is 0 Å². The molecule has 0 amide bonds. The molecule has 3 heteroatoms. The van der Waals surface area contributed by atoms with Crippen molar-refractivity contribution in [3.63, 3.8) is 0 Å². The minimum atomic E-state index is 0.669. The van der Waals surface area contributed by atoms with E-state index in [9.17, 15) is 0 Å². The van der Waals surface area contributed by atoms with Crippen LogP contribution in [0.1, 0.15) is 18.9 Å². The Morgan fingerprint density at radius 1 is 0.610 bits per heavy atom.